The van der Waals surface area contributed by atoms with Crippen LogP contribution in [-0.2, 0) is 26.1 Å². The summed E-state index contributed by atoms with van der Waals surface area (Å²) >= 11 is 6.24. The Labute approximate surface area is 181 Å². The van der Waals surface area contributed by atoms with E-state index < -0.39 is 10.0 Å². The first-order valence-corrected chi connectivity index (χ1v) is 11.1. The van der Waals surface area contributed by atoms with Crippen molar-refractivity contribution >= 4 is 27.4 Å². The zero-order valence-corrected chi connectivity index (χ0v) is 18.5. The fourth-order valence-corrected chi connectivity index (χ4v) is 4.78. The van der Waals surface area contributed by atoms with E-state index in [1.807, 2.05) is 31.2 Å². The lowest BCUT2D eigenvalue weighted by atomic mass is 10.0. The lowest BCUT2D eigenvalue weighted by molar-refractivity contribution is 0.134. The highest BCUT2D eigenvalue weighted by atomic mass is 35.5. The largest absolute Gasteiger partial charge is 0.377 e. The molecule has 0 N–H and O–H groups in total. The number of rotatable bonds is 9. The molecule has 2 aromatic carbocycles. The molecule has 1 heterocycles. The van der Waals surface area contributed by atoms with Crippen LogP contribution in [0.25, 0.3) is 11.1 Å². The molecule has 0 atom stereocenters. The van der Waals surface area contributed by atoms with Crippen molar-refractivity contribution in [2.45, 2.75) is 25.3 Å². The summed E-state index contributed by atoms with van der Waals surface area (Å²) in [5.41, 5.74) is 2.20. The number of nitrogens with zero attached hydrogens (tertiary/aromatic N) is 2. The molecule has 0 unspecified atom stereocenters. The Morgan fingerprint density at radius 3 is 2.40 bits per heavy atom. The summed E-state index contributed by atoms with van der Waals surface area (Å²) in [6, 6.07) is 14.3. The van der Waals surface area contributed by atoms with E-state index in [4.69, 9.17) is 25.6 Å². The Morgan fingerprint density at radius 1 is 1.10 bits per heavy atom. The van der Waals surface area contributed by atoms with Crippen molar-refractivity contribution in [2.24, 2.45) is 0 Å². The Bertz CT molecular complexity index is 1110. The highest BCUT2D eigenvalue weighted by Gasteiger charge is 2.32. The van der Waals surface area contributed by atoms with Gasteiger partial charge >= 0.3 is 0 Å². The van der Waals surface area contributed by atoms with Gasteiger partial charge in [0.25, 0.3) is 10.0 Å². The summed E-state index contributed by atoms with van der Waals surface area (Å²) in [5, 5.41) is 3.94. The number of aryl methyl sites for hydroxylation is 1. The quantitative estimate of drug-likeness (QED) is 0.442. The maximum Gasteiger partial charge on any atom is 0.268 e. The van der Waals surface area contributed by atoms with Gasteiger partial charge < -0.3 is 14.0 Å². The number of aromatic nitrogens is 1. The van der Waals surface area contributed by atoms with Gasteiger partial charge in [0.05, 0.1) is 11.5 Å². The van der Waals surface area contributed by atoms with Gasteiger partial charge in [-0.1, -0.05) is 59.2 Å². The van der Waals surface area contributed by atoms with Crippen molar-refractivity contribution < 1.29 is 22.4 Å². The van der Waals surface area contributed by atoms with E-state index in [-0.39, 0.29) is 22.5 Å². The maximum absolute atomic E-state index is 13.7. The zero-order valence-electron chi connectivity index (χ0n) is 17.0. The van der Waals surface area contributed by atoms with Crippen molar-refractivity contribution in [3.63, 3.8) is 0 Å². The molecule has 0 amide bonds. The molecule has 160 valence electrons. The summed E-state index contributed by atoms with van der Waals surface area (Å²) in [6.45, 7) is 4.17. The standard InChI is InChI=1S/C21H23ClN2O5S/c1-4-28-13-16-9-5-6-10-17(16)18-11-7-8-12-19(18)30(25,26)24(14-27-3)21-20(22)15(2)29-23-21/h5-12H,4,13-14H2,1-3H3. The number of hydrogen-bond acceptors (Lipinski definition) is 6. The van der Waals surface area contributed by atoms with Crippen LogP contribution in [0, 0.1) is 6.92 Å². The third kappa shape index (κ3) is 4.37. The van der Waals surface area contributed by atoms with E-state index in [1.165, 1.54) is 7.11 Å². The predicted octanol–water partition coefficient (Wildman–Crippen LogP) is 4.64. The molecular weight excluding hydrogens is 428 g/mol. The fraction of sp³-hybridized carbons (Fsp3) is 0.286. The van der Waals surface area contributed by atoms with Gasteiger partial charge in [-0.25, -0.2) is 12.7 Å². The molecule has 3 aromatic rings. The molecule has 0 saturated carbocycles. The lowest BCUT2D eigenvalue weighted by Gasteiger charge is -2.23. The smallest absolute Gasteiger partial charge is 0.268 e. The molecule has 0 spiro atoms. The minimum Gasteiger partial charge on any atom is -0.377 e. The molecule has 0 saturated heterocycles. The molecule has 0 aliphatic rings. The van der Waals surface area contributed by atoms with E-state index in [9.17, 15) is 8.42 Å². The van der Waals surface area contributed by atoms with E-state index >= 15 is 0 Å². The van der Waals surface area contributed by atoms with Crippen LogP contribution in [0.1, 0.15) is 18.2 Å². The van der Waals surface area contributed by atoms with Crippen LogP contribution in [0.15, 0.2) is 57.9 Å². The summed E-state index contributed by atoms with van der Waals surface area (Å²) in [5.74, 6) is 0.298. The molecule has 30 heavy (non-hydrogen) atoms. The third-order valence-electron chi connectivity index (χ3n) is 4.48. The number of halogens is 1. The van der Waals surface area contributed by atoms with Gasteiger partial charge in [0.2, 0.25) is 5.82 Å². The van der Waals surface area contributed by atoms with E-state index in [0.29, 0.717) is 24.5 Å². The molecule has 0 radical (unpaired) electrons. The topological polar surface area (TPSA) is 81.9 Å². The van der Waals surface area contributed by atoms with E-state index in [0.717, 1.165) is 15.4 Å². The summed E-state index contributed by atoms with van der Waals surface area (Å²) in [4.78, 5) is 0.0997. The average Bonchev–Trinajstić information content (AvgIpc) is 3.08. The van der Waals surface area contributed by atoms with Crippen LogP contribution in [-0.4, -0.2) is 34.0 Å². The van der Waals surface area contributed by atoms with Crippen molar-refractivity contribution in [1.29, 1.82) is 0 Å². The van der Waals surface area contributed by atoms with Crippen LogP contribution in [0.2, 0.25) is 5.02 Å². The minimum atomic E-state index is -4.08. The van der Waals surface area contributed by atoms with Crippen LogP contribution < -0.4 is 4.31 Å². The van der Waals surface area contributed by atoms with Crippen LogP contribution in [0.3, 0.4) is 0 Å². The minimum absolute atomic E-state index is 0.0200. The molecule has 0 aliphatic carbocycles. The van der Waals surface area contributed by atoms with Gasteiger partial charge in [0, 0.05) is 19.3 Å². The highest BCUT2D eigenvalue weighted by molar-refractivity contribution is 7.93. The second kappa shape index (κ2) is 9.61. The zero-order chi connectivity index (χ0) is 21.7. The second-order valence-corrected chi connectivity index (χ2v) is 8.65. The van der Waals surface area contributed by atoms with Crippen LogP contribution >= 0.6 is 11.6 Å². The Kier molecular flexibility index (Phi) is 7.14. The monoisotopic (exact) mass is 450 g/mol. The van der Waals surface area contributed by atoms with Crippen molar-refractivity contribution in [1.82, 2.24) is 5.16 Å². The number of methoxy groups -OCH3 is 1. The first-order chi connectivity index (χ1) is 14.4. The molecule has 0 bridgehead atoms. The summed E-state index contributed by atoms with van der Waals surface area (Å²) < 4.78 is 44.1. The van der Waals surface area contributed by atoms with Crippen molar-refractivity contribution in [3.8, 4) is 11.1 Å². The van der Waals surface area contributed by atoms with Crippen LogP contribution in [0.4, 0.5) is 5.82 Å². The fourth-order valence-electron chi connectivity index (χ4n) is 3.02. The van der Waals surface area contributed by atoms with Crippen molar-refractivity contribution in [2.75, 3.05) is 24.8 Å². The van der Waals surface area contributed by atoms with Crippen LogP contribution in [0.5, 0.6) is 0 Å². The van der Waals surface area contributed by atoms with Gasteiger partial charge in [0.1, 0.15) is 11.8 Å². The van der Waals surface area contributed by atoms with Gasteiger partial charge in [-0.3, -0.25) is 0 Å². The van der Waals surface area contributed by atoms with Gasteiger partial charge in [-0.05, 0) is 31.0 Å². The highest BCUT2D eigenvalue weighted by Crippen LogP contribution is 2.36. The maximum atomic E-state index is 13.7. The van der Waals surface area contributed by atoms with Gasteiger partial charge in [-0.15, -0.1) is 0 Å². The molecule has 7 nitrogen and oxygen atoms in total. The molecule has 1 aromatic heterocycles. The predicted molar refractivity (Wildman–Crippen MR) is 115 cm³/mol. The Morgan fingerprint density at radius 2 is 1.77 bits per heavy atom. The normalized spacial score (nSPS) is 11.6. The molecular formula is C21H23ClN2O5S. The third-order valence-corrected chi connectivity index (χ3v) is 6.69. The SMILES string of the molecule is CCOCc1ccccc1-c1ccccc1S(=O)(=O)N(COC)c1noc(C)c1Cl. The number of hydrogen-bond donors (Lipinski definition) is 0. The Balaban J connectivity index is 2.16. The first kappa shape index (κ1) is 22.3. The van der Waals surface area contributed by atoms with E-state index in [2.05, 4.69) is 5.16 Å². The summed E-state index contributed by atoms with van der Waals surface area (Å²) in [6.07, 6.45) is 0. The van der Waals surface area contributed by atoms with Gasteiger partial charge in [0.15, 0.2) is 5.76 Å². The average molecular weight is 451 g/mol. The molecule has 9 heteroatoms. The molecule has 0 fully saturated rings. The number of sulfonamides is 1. The number of anilines is 1. The second-order valence-electron chi connectivity index (χ2n) is 6.44. The summed E-state index contributed by atoms with van der Waals surface area (Å²) in [7, 11) is -2.69. The Hall–Kier alpha value is -2.39. The first-order valence-electron chi connectivity index (χ1n) is 9.30. The van der Waals surface area contributed by atoms with E-state index in [1.54, 1.807) is 31.2 Å². The molecule has 3 rings (SSSR count). The van der Waals surface area contributed by atoms with Gasteiger partial charge in [-0.2, -0.15) is 0 Å². The molecule has 0 aliphatic heterocycles. The number of benzene rings is 2. The lowest BCUT2D eigenvalue weighted by Crippen LogP contribution is -2.33. The number of ether oxygens (including phenoxy) is 2. The van der Waals surface area contributed by atoms with Crippen molar-refractivity contribution in [3.05, 3.63) is 64.9 Å².